The molecule has 5 nitrogen and oxygen atoms in total. The van der Waals surface area contributed by atoms with Gasteiger partial charge in [0.2, 0.25) is 0 Å². The molecule has 0 aliphatic carbocycles. The van der Waals surface area contributed by atoms with Gasteiger partial charge < -0.3 is 5.32 Å². The van der Waals surface area contributed by atoms with Crippen molar-refractivity contribution in [1.29, 1.82) is 0 Å². The van der Waals surface area contributed by atoms with Crippen molar-refractivity contribution >= 4 is 11.6 Å². The van der Waals surface area contributed by atoms with Gasteiger partial charge in [0.25, 0.3) is 0 Å². The fourth-order valence-corrected chi connectivity index (χ4v) is 1.34. The van der Waals surface area contributed by atoms with Gasteiger partial charge in [0, 0.05) is 19.3 Å². The first-order valence-electron chi connectivity index (χ1n) is 4.96. The van der Waals surface area contributed by atoms with Gasteiger partial charge in [0.05, 0.1) is 5.69 Å². The summed E-state index contributed by atoms with van der Waals surface area (Å²) in [7, 11) is 1.79. The van der Waals surface area contributed by atoms with Crippen LogP contribution in [0, 0.1) is 5.82 Å². The van der Waals surface area contributed by atoms with Crippen LogP contribution in [-0.2, 0) is 13.5 Å². The predicted octanol–water partition coefficient (Wildman–Crippen LogP) is 1.66. The Morgan fingerprint density at radius 2 is 2.25 bits per heavy atom. The highest BCUT2D eigenvalue weighted by Gasteiger charge is 2.10. The SMILES string of the molecule is CCc1ncnc(Nc2ccn(C)n2)c1F. The van der Waals surface area contributed by atoms with E-state index in [1.165, 1.54) is 6.33 Å². The molecule has 0 atom stereocenters. The van der Waals surface area contributed by atoms with E-state index in [1.807, 2.05) is 6.92 Å². The Balaban J connectivity index is 2.28. The molecule has 0 aliphatic rings. The first kappa shape index (κ1) is 10.5. The Morgan fingerprint density at radius 1 is 1.44 bits per heavy atom. The second-order valence-electron chi connectivity index (χ2n) is 3.34. The molecule has 0 aromatic carbocycles. The Kier molecular flexibility index (Phi) is 2.80. The number of hydrogen-bond donors (Lipinski definition) is 1. The maximum atomic E-state index is 13.7. The van der Waals surface area contributed by atoms with Gasteiger partial charge in [0.1, 0.15) is 6.33 Å². The van der Waals surface area contributed by atoms with Gasteiger partial charge in [0.15, 0.2) is 17.5 Å². The highest BCUT2D eigenvalue weighted by Crippen LogP contribution is 2.17. The lowest BCUT2D eigenvalue weighted by Gasteiger charge is -2.05. The highest BCUT2D eigenvalue weighted by molar-refractivity contribution is 5.51. The summed E-state index contributed by atoms with van der Waals surface area (Å²) in [5.74, 6) is 0.295. The number of hydrogen-bond acceptors (Lipinski definition) is 4. The van der Waals surface area contributed by atoms with Crippen molar-refractivity contribution in [3.05, 3.63) is 30.1 Å². The number of aromatic nitrogens is 4. The van der Waals surface area contributed by atoms with Crippen LogP contribution in [0.2, 0.25) is 0 Å². The Bertz CT molecular complexity index is 494. The molecule has 2 aromatic rings. The van der Waals surface area contributed by atoms with Crippen LogP contribution in [0.1, 0.15) is 12.6 Å². The topological polar surface area (TPSA) is 55.6 Å². The van der Waals surface area contributed by atoms with Crippen molar-refractivity contribution < 1.29 is 4.39 Å². The quantitative estimate of drug-likeness (QED) is 0.856. The fraction of sp³-hybridized carbons (Fsp3) is 0.300. The highest BCUT2D eigenvalue weighted by atomic mass is 19.1. The maximum absolute atomic E-state index is 13.7. The average molecular weight is 221 g/mol. The molecule has 0 fully saturated rings. The zero-order valence-corrected chi connectivity index (χ0v) is 9.11. The molecule has 84 valence electrons. The summed E-state index contributed by atoms with van der Waals surface area (Å²) in [6.45, 7) is 1.84. The molecule has 6 heteroatoms. The molecule has 1 N–H and O–H groups in total. The van der Waals surface area contributed by atoms with Crippen molar-refractivity contribution in [2.45, 2.75) is 13.3 Å². The lowest BCUT2D eigenvalue weighted by atomic mass is 10.3. The Hall–Kier alpha value is -1.98. The van der Waals surface area contributed by atoms with Crippen molar-refractivity contribution in [2.75, 3.05) is 5.32 Å². The number of rotatable bonds is 3. The zero-order chi connectivity index (χ0) is 11.5. The van der Waals surface area contributed by atoms with Crippen LogP contribution in [0.15, 0.2) is 18.6 Å². The maximum Gasteiger partial charge on any atom is 0.187 e. The largest absolute Gasteiger partial charge is 0.321 e. The normalized spacial score (nSPS) is 10.4. The van der Waals surface area contributed by atoms with Gasteiger partial charge in [-0.25, -0.2) is 14.4 Å². The van der Waals surface area contributed by atoms with E-state index in [0.29, 0.717) is 17.9 Å². The summed E-state index contributed by atoms with van der Waals surface area (Å²) in [5, 5.41) is 6.89. The number of anilines is 2. The third kappa shape index (κ3) is 2.00. The Labute approximate surface area is 92.3 Å². The van der Waals surface area contributed by atoms with E-state index in [0.717, 1.165) is 0 Å². The number of halogens is 1. The van der Waals surface area contributed by atoms with Crippen LogP contribution in [0.3, 0.4) is 0 Å². The molecule has 0 bridgehead atoms. The summed E-state index contributed by atoms with van der Waals surface area (Å²) >= 11 is 0. The van der Waals surface area contributed by atoms with E-state index >= 15 is 0 Å². The molecule has 0 unspecified atom stereocenters. The van der Waals surface area contributed by atoms with Gasteiger partial charge in [-0.15, -0.1) is 0 Å². The monoisotopic (exact) mass is 221 g/mol. The van der Waals surface area contributed by atoms with Crippen LogP contribution >= 0.6 is 0 Å². The van der Waals surface area contributed by atoms with Gasteiger partial charge in [-0.1, -0.05) is 6.92 Å². The predicted molar refractivity (Wildman–Crippen MR) is 57.9 cm³/mol. The minimum absolute atomic E-state index is 0.158. The van der Waals surface area contributed by atoms with Gasteiger partial charge >= 0.3 is 0 Å². The van der Waals surface area contributed by atoms with Gasteiger partial charge in [-0.2, -0.15) is 5.10 Å². The molecular formula is C10H12FN5. The molecule has 0 amide bonds. The molecule has 0 aliphatic heterocycles. The third-order valence-electron chi connectivity index (χ3n) is 2.16. The molecule has 0 radical (unpaired) electrons. The minimum Gasteiger partial charge on any atom is -0.321 e. The molecule has 2 heterocycles. The zero-order valence-electron chi connectivity index (χ0n) is 9.11. The van der Waals surface area contributed by atoms with Crippen LogP contribution in [-0.4, -0.2) is 19.7 Å². The molecular weight excluding hydrogens is 209 g/mol. The first-order valence-corrected chi connectivity index (χ1v) is 4.96. The number of nitrogens with one attached hydrogen (secondary N) is 1. The smallest absolute Gasteiger partial charge is 0.187 e. The number of aryl methyl sites for hydroxylation is 2. The van der Waals surface area contributed by atoms with Crippen molar-refractivity contribution in [2.24, 2.45) is 7.05 Å². The summed E-state index contributed by atoms with van der Waals surface area (Å²) in [4.78, 5) is 7.70. The van der Waals surface area contributed by atoms with Crippen LogP contribution in [0.4, 0.5) is 16.0 Å². The molecule has 16 heavy (non-hydrogen) atoms. The van der Waals surface area contributed by atoms with E-state index in [-0.39, 0.29) is 5.82 Å². The summed E-state index contributed by atoms with van der Waals surface area (Å²) in [5.41, 5.74) is 0.397. The molecule has 2 rings (SSSR count). The van der Waals surface area contributed by atoms with Gasteiger partial charge in [-0.05, 0) is 6.42 Å². The van der Waals surface area contributed by atoms with E-state index in [1.54, 1.807) is 24.0 Å². The third-order valence-corrected chi connectivity index (χ3v) is 2.16. The van der Waals surface area contributed by atoms with Crippen LogP contribution in [0.5, 0.6) is 0 Å². The molecule has 0 spiro atoms. The van der Waals surface area contributed by atoms with E-state index in [4.69, 9.17) is 0 Å². The standard InChI is InChI=1S/C10H12FN5/c1-3-7-9(11)10(13-6-12-7)14-8-4-5-16(2)15-8/h4-6H,3H2,1-2H3,(H,12,13,14,15). The summed E-state index contributed by atoms with van der Waals surface area (Å²) in [6, 6.07) is 1.74. The van der Waals surface area contributed by atoms with Crippen molar-refractivity contribution in [3.8, 4) is 0 Å². The van der Waals surface area contributed by atoms with Crippen molar-refractivity contribution in [3.63, 3.8) is 0 Å². The van der Waals surface area contributed by atoms with Gasteiger partial charge in [-0.3, -0.25) is 4.68 Å². The Morgan fingerprint density at radius 3 is 2.88 bits per heavy atom. The van der Waals surface area contributed by atoms with Crippen LogP contribution in [0.25, 0.3) is 0 Å². The van der Waals surface area contributed by atoms with E-state index < -0.39 is 5.82 Å². The average Bonchev–Trinajstić information content (AvgIpc) is 2.67. The van der Waals surface area contributed by atoms with Crippen LogP contribution < -0.4 is 5.32 Å². The lowest BCUT2D eigenvalue weighted by molar-refractivity contribution is 0.598. The molecule has 0 saturated carbocycles. The minimum atomic E-state index is -0.421. The fourth-order valence-electron chi connectivity index (χ4n) is 1.34. The lowest BCUT2D eigenvalue weighted by Crippen LogP contribution is -2.03. The summed E-state index contributed by atoms with van der Waals surface area (Å²) in [6.07, 6.45) is 3.64. The second-order valence-corrected chi connectivity index (χ2v) is 3.34. The van der Waals surface area contributed by atoms with E-state index in [2.05, 4.69) is 20.4 Å². The summed E-state index contributed by atoms with van der Waals surface area (Å²) < 4.78 is 15.4. The second kappa shape index (κ2) is 4.26. The molecule has 2 aromatic heterocycles. The van der Waals surface area contributed by atoms with Crippen molar-refractivity contribution in [1.82, 2.24) is 19.7 Å². The molecule has 0 saturated heterocycles. The number of nitrogens with zero attached hydrogens (tertiary/aromatic N) is 4. The van der Waals surface area contributed by atoms with E-state index in [9.17, 15) is 4.39 Å². The first-order chi connectivity index (χ1) is 7.70.